The topological polar surface area (TPSA) is 123 Å². The molecule has 21 heavy (non-hydrogen) atoms. The molecule has 1 heterocycles. The third-order valence-corrected chi connectivity index (χ3v) is 2.56. The molecule has 0 fully saturated rings. The molecule has 2 rings (SSSR count). The van der Waals surface area contributed by atoms with Gasteiger partial charge in [-0.25, -0.2) is 4.79 Å². The van der Waals surface area contributed by atoms with E-state index in [1.54, 1.807) is 0 Å². The van der Waals surface area contributed by atoms with Crippen LogP contribution in [0.2, 0.25) is 0 Å². The fraction of sp³-hybridized carbons (Fsp3) is 0.0833. The van der Waals surface area contributed by atoms with Gasteiger partial charge < -0.3 is 4.74 Å². The highest BCUT2D eigenvalue weighted by Gasteiger charge is 2.08. The summed E-state index contributed by atoms with van der Waals surface area (Å²) >= 11 is 0. The monoisotopic (exact) mass is 287 g/mol. The zero-order valence-corrected chi connectivity index (χ0v) is 10.6. The van der Waals surface area contributed by atoms with Crippen LogP contribution in [-0.4, -0.2) is 15.6 Å². The molecule has 0 N–H and O–H groups in total. The Kier molecular flexibility index (Phi) is 4.17. The molecule has 9 heteroatoms. The van der Waals surface area contributed by atoms with Crippen LogP contribution < -0.4 is 0 Å². The van der Waals surface area contributed by atoms with E-state index >= 15 is 0 Å². The van der Waals surface area contributed by atoms with Crippen molar-refractivity contribution in [2.45, 2.75) is 6.61 Å². The Hall–Kier alpha value is -3.32. The number of nitro benzene ring substituents is 1. The second-order valence-corrected chi connectivity index (χ2v) is 3.94. The van der Waals surface area contributed by atoms with Crippen LogP contribution in [0.3, 0.4) is 0 Å². The Morgan fingerprint density at radius 3 is 2.71 bits per heavy atom. The minimum atomic E-state index is -0.646. The number of azide groups is 1. The molecule has 0 aliphatic carbocycles. The summed E-state index contributed by atoms with van der Waals surface area (Å²) in [6, 6.07) is 7.14. The maximum absolute atomic E-state index is 11.7. The number of benzene rings is 1. The van der Waals surface area contributed by atoms with Gasteiger partial charge in [0.25, 0.3) is 5.69 Å². The van der Waals surface area contributed by atoms with Crippen LogP contribution >= 0.6 is 0 Å². The minimum absolute atomic E-state index is 0.0220. The maximum atomic E-state index is 11.7. The molecule has 1 aromatic carbocycles. The molecule has 0 aliphatic rings. The lowest BCUT2D eigenvalue weighted by molar-refractivity contribution is -0.384. The fourth-order valence-corrected chi connectivity index (χ4v) is 1.54. The number of non-ortho nitro benzene ring substituents is 1. The summed E-state index contributed by atoms with van der Waals surface area (Å²) in [5.41, 5.74) is 9.15. The summed E-state index contributed by atoms with van der Waals surface area (Å²) in [7, 11) is 0. The van der Waals surface area contributed by atoms with Crippen LogP contribution in [0, 0.1) is 10.1 Å². The molecule has 1 aromatic heterocycles. The third kappa shape index (κ3) is 3.58. The zero-order valence-electron chi connectivity index (χ0n) is 10.6. The normalized spacial score (nSPS) is 9.71. The summed E-state index contributed by atoms with van der Waals surface area (Å²) in [5.74, 6) is 0. The van der Waals surface area contributed by atoms with E-state index < -0.39 is 11.0 Å². The highest BCUT2D eigenvalue weighted by molar-refractivity contribution is 5.71. The van der Waals surface area contributed by atoms with Gasteiger partial charge >= 0.3 is 6.09 Å². The Morgan fingerprint density at radius 2 is 2.10 bits per heavy atom. The summed E-state index contributed by atoms with van der Waals surface area (Å²) in [5, 5.41) is 13.8. The second-order valence-electron chi connectivity index (χ2n) is 3.94. The average Bonchev–Trinajstić information content (AvgIpc) is 2.94. The summed E-state index contributed by atoms with van der Waals surface area (Å²) in [4.78, 5) is 24.3. The first-order valence-corrected chi connectivity index (χ1v) is 5.73. The van der Waals surface area contributed by atoms with Crippen LogP contribution in [0.25, 0.3) is 10.4 Å². The lowest BCUT2D eigenvalue weighted by atomic mass is 10.2. The number of rotatable bonds is 4. The standard InChI is InChI=1S/C12H9N5O4/c13-15-14-10-5-6-16(7-10)12(18)21-8-9-1-3-11(4-2-9)17(19)20/h1-7H,8H2. The summed E-state index contributed by atoms with van der Waals surface area (Å²) < 4.78 is 6.16. The quantitative estimate of drug-likeness (QED) is 0.280. The predicted octanol–water partition coefficient (Wildman–Crippen LogP) is 3.52. The van der Waals surface area contributed by atoms with Gasteiger partial charge in [-0.1, -0.05) is 5.11 Å². The van der Waals surface area contributed by atoms with E-state index in [4.69, 9.17) is 10.3 Å². The van der Waals surface area contributed by atoms with E-state index in [1.165, 1.54) is 42.7 Å². The van der Waals surface area contributed by atoms with Crippen molar-refractivity contribution in [3.8, 4) is 0 Å². The molecule has 0 aliphatic heterocycles. The van der Waals surface area contributed by atoms with E-state index in [-0.39, 0.29) is 12.3 Å². The number of nitrogens with zero attached hydrogens (tertiary/aromatic N) is 5. The first-order valence-electron chi connectivity index (χ1n) is 5.73. The smallest absolute Gasteiger partial charge is 0.418 e. The first kappa shape index (κ1) is 14.1. The fourth-order valence-electron chi connectivity index (χ4n) is 1.54. The van der Waals surface area contributed by atoms with Crippen LogP contribution in [0.4, 0.5) is 16.2 Å². The highest BCUT2D eigenvalue weighted by atomic mass is 16.6. The first-order chi connectivity index (χ1) is 10.1. The van der Waals surface area contributed by atoms with Gasteiger partial charge in [-0.05, 0) is 29.3 Å². The van der Waals surface area contributed by atoms with Crippen molar-refractivity contribution in [3.63, 3.8) is 0 Å². The van der Waals surface area contributed by atoms with Crippen molar-refractivity contribution >= 4 is 17.5 Å². The lowest BCUT2D eigenvalue weighted by Crippen LogP contribution is -2.11. The molecule has 9 nitrogen and oxygen atoms in total. The van der Waals surface area contributed by atoms with Crippen molar-refractivity contribution in [2.24, 2.45) is 5.11 Å². The van der Waals surface area contributed by atoms with Crippen LogP contribution in [0.1, 0.15) is 5.56 Å². The van der Waals surface area contributed by atoms with Crippen LogP contribution in [0.5, 0.6) is 0 Å². The van der Waals surface area contributed by atoms with Gasteiger partial charge in [0.15, 0.2) is 0 Å². The molecule has 0 radical (unpaired) electrons. The Bertz CT molecular complexity index is 716. The molecule has 0 unspecified atom stereocenters. The van der Waals surface area contributed by atoms with Crippen molar-refractivity contribution in [2.75, 3.05) is 0 Å². The van der Waals surface area contributed by atoms with Crippen LogP contribution in [-0.2, 0) is 11.3 Å². The van der Waals surface area contributed by atoms with Crippen molar-refractivity contribution in [3.05, 3.63) is 68.8 Å². The van der Waals surface area contributed by atoms with E-state index in [1.807, 2.05) is 0 Å². The SMILES string of the molecule is [N-]=[N+]=Nc1ccn(C(=O)OCc2ccc([N+](=O)[O-])cc2)c1. The van der Waals surface area contributed by atoms with E-state index in [0.717, 1.165) is 4.57 Å². The molecule has 0 bridgehead atoms. The van der Waals surface area contributed by atoms with Gasteiger partial charge in [0.2, 0.25) is 0 Å². The number of ether oxygens (including phenoxy) is 1. The number of hydrogen-bond acceptors (Lipinski definition) is 5. The highest BCUT2D eigenvalue weighted by Crippen LogP contribution is 2.14. The number of carbonyl (C=O) groups excluding carboxylic acids is 1. The number of hydrogen-bond donors (Lipinski definition) is 0. The predicted molar refractivity (Wildman–Crippen MR) is 71.9 cm³/mol. The summed E-state index contributed by atoms with van der Waals surface area (Å²) in [6.45, 7) is -0.0220. The van der Waals surface area contributed by atoms with Gasteiger partial charge in [0.05, 0.1) is 10.6 Å². The molecule has 0 saturated heterocycles. The molecule has 0 amide bonds. The van der Waals surface area contributed by atoms with Gasteiger partial charge in [-0.3, -0.25) is 14.7 Å². The largest absolute Gasteiger partial charge is 0.444 e. The van der Waals surface area contributed by atoms with Crippen molar-refractivity contribution < 1.29 is 14.5 Å². The van der Waals surface area contributed by atoms with Gasteiger partial charge in [0, 0.05) is 29.4 Å². The Labute approximate surface area is 118 Å². The second kappa shape index (κ2) is 6.22. The minimum Gasteiger partial charge on any atom is -0.444 e. The molecular formula is C12H9N5O4. The van der Waals surface area contributed by atoms with Crippen LogP contribution in [0.15, 0.2) is 47.8 Å². The van der Waals surface area contributed by atoms with Crippen molar-refractivity contribution in [1.82, 2.24) is 4.57 Å². The molecule has 106 valence electrons. The Balaban J connectivity index is 1.96. The number of nitro groups is 1. The molecular weight excluding hydrogens is 278 g/mol. The Morgan fingerprint density at radius 1 is 1.38 bits per heavy atom. The molecule has 0 atom stereocenters. The third-order valence-electron chi connectivity index (χ3n) is 2.56. The van der Waals surface area contributed by atoms with E-state index in [9.17, 15) is 14.9 Å². The molecule has 0 saturated carbocycles. The van der Waals surface area contributed by atoms with E-state index in [0.29, 0.717) is 11.3 Å². The van der Waals surface area contributed by atoms with Gasteiger partial charge in [-0.2, -0.15) is 0 Å². The van der Waals surface area contributed by atoms with Gasteiger partial charge in [-0.15, -0.1) is 0 Å². The average molecular weight is 287 g/mol. The molecule has 0 spiro atoms. The van der Waals surface area contributed by atoms with Gasteiger partial charge in [0.1, 0.15) is 6.61 Å². The zero-order chi connectivity index (χ0) is 15.2. The number of aromatic nitrogens is 1. The van der Waals surface area contributed by atoms with E-state index in [2.05, 4.69) is 10.0 Å². The molecule has 2 aromatic rings. The maximum Gasteiger partial charge on any atom is 0.418 e. The van der Waals surface area contributed by atoms with Crippen molar-refractivity contribution in [1.29, 1.82) is 0 Å². The summed E-state index contributed by atoms with van der Waals surface area (Å²) in [6.07, 6.45) is 2.09. The lowest BCUT2D eigenvalue weighted by Gasteiger charge is -2.05. The number of carbonyl (C=O) groups is 1.